The van der Waals surface area contributed by atoms with Crippen LogP contribution in [0.1, 0.15) is 36.6 Å². The molecule has 2 aromatic rings. The molecular formula is C12H13BrN2. The number of imidazole rings is 1. The van der Waals surface area contributed by atoms with Gasteiger partial charge in [-0.1, -0.05) is 28.4 Å². The van der Waals surface area contributed by atoms with E-state index in [0.717, 1.165) is 10.8 Å². The first-order valence-corrected chi connectivity index (χ1v) is 6.53. The van der Waals surface area contributed by atoms with Crippen molar-refractivity contribution in [2.75, 3.05) is 0 Å². The zero-order valence-electron chi connectivity index (χ0n) is 8.46. The minimum atomic E-state index is 0.685. The Bertz CT molecular complexity index is 485. The number of fused-ring (bicyclic) bond motifs is 1. The van der Waals surface area contributed by atoms with Crippen molar-refractivity contribution in [3.8, 4) is 0 Å². The van der Waals surface area contributed by atoms with Crippen LogP contribution in [0.4, 0.5) is 0 Å². The highest BCUT2D eigenvalue weighted by Crippen LogP contribution is 2.35. The molecule has 2 nitrogen and oxygen atoms in total. The Morgan fingerprint density at radius 3 is 2.93 bits per heavy atom. The molecule has 0 atom stereocenters. The van der Waals surface area contributed by atoms with Gasteiger partial charge in [-0.3, -0.25) is 0 Å². The second-order valence-corrected chi connectivity index (χ2v) is 4.80. The van der Waals surface area contributed by atoms with E-state index < -0.39 is 0 Å². The number of nitrogens with one attached hydrogen (secondary N) is 1. The van der Waals surface area contributed by atoms with Gasteiger partial charge in [0.25, 0.3) is 0 Å². The summed E-state index contributed by atoms with van der Waals surface area (Å²) < 4.78 is 0. The highest BCUT2D eigenvalue weighted by atomic mass is 79.9. The molecule has 3 rings (SSSR count). The summed E-state index contributed by atoms with van der Waals surface area (Å²) in [4.78, 5) is 8.08. The van der Waals surface area contributed by atoms with Crippen LogP contribution < -0.4 is 0 Å². The Labute approximate surface area is 97.2 Å². The number of hydrogen-bond donors (Lipinski definition) is 1. The molecule has 0 spiro atoms. The maximum Gasteiger partial charge on any atom is 0.110 e. The van der Waals surface area contributed by atoms with Crippen molar-refractivity contribution in [2.24, 2.45) is 0 Å². The topological polar surface area (TPSA) is 28.7 Å². The van der Waals surface area contributed by atoms with Crippen LogP contribution in [0.5, 0.6) is 0 Å². The maximum absolute atomic E-state index is 4.64. The molecule has 1 fully saturated rings. The van der Waals surface area contributed by atoms with Crippen LogP contribution in [-0.2, 0) is 5.33 Å². The molecule has 1 aromatic heterocycles. The smallest absolute Gasteiger partial charge is 0.110 e. The van der Waals surface area contributed by atoms with E-state index in [1.54, 1.807) is 0 Å². The Hall–Kier alpha value is -0.830. The van der Waals surface area contributed by atoms with Crippen molar-refractivity contribution in [1.82, 2.24) is 9.97 Å². The average molecular weight is 265 g/mol. The first kappa shape index (κ1) is 9.40. The summed E-state index contributed by atoms with van der Waals surface area (Å²) in [6.45, 7) is 0. The number of alkyl halides is 1. The lowest BCUT2D eigenvalue weighted by molar-refractivity contribution is 0.405. The van der Waals surface area contributed by atoms with E-state index in [0.29, 0.717) is 5.92 Å². The fourth-order valence-electron chi connectivity index (χ4n) is 2.03. The van der Waals surface area contributed by atoms with E-state index in [1.807, 2.05) is 0 Å². The van der Waals surface area contributed by atoms with E-state index in [2.05, 4.69) is 44.1 Å². The van der Waals surface area contributed by atoms with Crippen LogP contribution in [0.3, 0.4) is 0 Å². The van der Waals surface area contributed by atoms with Crippen LogP contribution >= 0.6 is 15.9 Å². The number of nitrogens with zero attached hydrogens (tertiary/aromatic N) is 1. The summed E-state index contributed by atoms with van der Waals surface area (Å²) in [7, 11) is 0. The quantitative estimate of drug-likeness (QED) is 0.823. The fourth-order valence-corrected chi connectivity index (χ4v) is 2.38. The number of rotatable bonds is 2. The molecule has 3 heteroatoms. The van der Waals surface area contributed by atoms with Gasteiger partial charge in [0.1, 0.15) is 5.82 Å². The SMILES string of the molecule is BrCc1ccc2nc(C3CCC3)[nH]c2c1. The normalized spacial score (nSPS) is 16.9. The molecule has 1 aliphatic carbocycles. The summed E-state index contributed by atoms with van der Waals surface area (Å²) in [6.07, 6.45) is 3.95. The van der Waals surface area contributed by atoms with E-state index in [1.165, 1.54) is 36.2 Å². The Balaban J connectivity index is 2.04. The number of aromatic amines is 1. The zero-order valence-corrected chi connectivity index (χ0v) is 10.0. The highest BCUT2D eigenvalue weighted by molar-refractivity contribution is 9.08. The second kappa shape index (κ2) is 3.63. The molecule has 78 valence electrons. The van der Waals surface area contributed by atoms with E-state index >= 15 is 0 Å². The number of hydrogen-bond acceptors (Lipinski definition) is 1. The van der Waals surface area contributed by atoms with Crippen LogP contribution in [0.2, 0.25) is 0 Å². The highest BCUT2D eigenvalue weighted by Gasteiger charge is 2.22. The molecule has 0 aliphatic heterocycles. The molecule has 0 bridgehead atoms. The molecule has 0 amide bonds. The molecular weight excluding hydrogens is 252 g/mol. The van der Waals surface area contributed by atoms with Gasteiger partial charge in [-0.05, 0) is 30.5 Å². The molecule has 15 heavy (non-hydrogen) atoms. The third-order valence-electron chi connectivity index (χ3n) is 3.21. The van der Waals surface area contributed by atoms with Crippen molar-refractivity contribution in [3.05, 3.63) is 29.6 Å². The standard InChI is InChI=1S/C12H13BrN2/c13-7-8-4-5-10-11(6-8)15-12(14-10)9-2-1-3-9/h4-6,9H,1-3,7H2,(H,14,15). The van der Waals surface area contributed by atoms with Gasteiger partial charge in [0.05, 0.1) is 11.0 Å². The molecule has 1 aromatic carbocycles. The first-order chi connectivity index (χ1) is 7.36. The molecule has 1 aliphatic rings. The number of benzene rings is 1. The summed E-state index contributed by atoms with van der Waals surface area (Å²) in [5.74, 6) is 1.87. The van der Waals surface area contributed by atoms with Crippen molar-refractivity contribution >= 4 is 27.0 Å². The van der Waals surface area contributed by atoms with Gasteiger partial charge in [-0.2, -0.15) is 0 Å². The second-order valence-electron chi connectivity index (χ2n) is 4.24. The van der Waals surface area contributed by atoms with Gasteiger partial charge in [0.2, 0.25) is 0 Å². The lowest BCUT2D eigenvalue weighted by Crippen LogP contribution is -2.10. The minimum absolute atomic E-state index is 0.685. The fraction of sp³-hybridized carbons (Fsp3) is 0.417. The third kappa shape index (κ3) is 1.59. The van der Waals surface area contributed by atoms with Crippen LogP contribution in [-0.4, -0.2) is 9.97 Å². The van der Waals surface area contributed by atoms with Crippen molar-refractivity contribution in [1.29, 1.82) is 0 Å². The lowest BCUT2D eigenvalue weighted by Gasteiger charge is -2.22. The van der Waals surface area contributed by atoms with Gasteiger partial charge in [-0.25, -0.2) is 4.98 Å². The number of aromatic nitrogens is 2. The summed E-state index contributed by atoms with van der Waals surface area (Å²) >= 11 is 3.47. The summed E-state index contributed by atoms with van der Waals surface area (Å²) in [6, 6.07) is 6.41. The number of H-pyrrole nitrogens is 1. The van der Waals surface area contributed by atoms with E-state index in [4.69, 9.17) is 0 Å². The molecule has 0 saturated heterocycles. The first-order valence-electron chi connectivity index (χ1n) is 5.41. The van der Waals surface area contributed by atoms with Crippen LogP contribution in [0.15, 0.2) is 18.2 Å². The average Bonchev–Trinajstić information content (AvgIpc) is 2.56. The minimum Gasteiger partial charge on any atom is -0.342 e. The van der Waals surface area contributed by atoms with Gasteiger partial charge in [0.15, 0.2) is 0 Å². The Morgan fingerprint density at radius 1 is 1.40 bits per heavy atom. The predicted molar refractivity (Wildman–Crippen MR) is 65.3 cm³/mol. The molecule has 0 unspecified atom stereocenters. The number of halogens is 1. The van der Waals surface area contributed by atoms with Crippen LogP contribution in [0, 0.1) is 0 Å². The van der Waals surface area contributed by atoms with Gasteiger partial charge in [0, 0.05) is 11.2 Å². The molecule has 1 saturated carbocycles. The largest absolute Gasteiger partial charge is 0.342 e. The Kier molecular flexibility index (Phi) is 2.28. The summed E-state index contributed by atoms with van der Waals surface area (Å²) in [5, 5.41) is 0.903. The lowest BCUT2D eigenvalue weighted by atomic mass is 9.85. The molecule has 1 N–H and O–H groups in total. The zero-order chi connectivity index (χ0) is 10.3. The summed E-state index contributed by atoms with van der Waals surface area (Å²) in [5.41, 5.74) is 3.57. The van der Waals surface area contributed by atoms with Gasteiger partial charge >= 0.3 is 0 Å². The monoisotopic (exact) mass is 264 g/mol. The molecule has 1 heterocycles. The van der Waals surface area contributed by atoms with Crippen LogP contribution in [0.25, 0.3) is 11.0 Å². The van der Waals surface area contributed by atoms with E-state index in [-0.39, 0.29) is 0 Å². The van der Waals surface area contributed by atoms with Crippen molar-refractivity contribution < 1.29 is 0 Å². The van der Waals surface area contributed by atoms with Gasteiger partial charge < -0.3 is 4.98 Å². The predicted octanol–water partition coefficient (Wildman–Crippen LogP) is 3.73. The van der Waals surface area contributed by atoms with Crippen molar-refractivity contribution in [3.63, 3.8) is 0 Å². The maximum atomic E-state index is 4.64. The van der Waals surface area contributed by atoms with E-state index in [9.17, 15) is 0 Å². The van der Waals surface area contributed by atoms with Gasteiger partial charge in [-0.15, -0.1) is 0 Å². The third-order valence-corrected chi connectivity index (χ3v) is 3.86. The molecule has 0 radical (unpaired) electrons. The Morgan fingerprint density at radius 2 is 2.27 bits per heavy atom. The van der Waals surface area contributed by atoms with Crippen molar-refractivity contribution in [2.45, 2.75) is 30.5 Å².